The Labute approximate surface area is 166 Å². The molecule has 0 bridgehead atoms. The molecule has 1 aliphatic heterocycles. The maximum Gasteiger partial charge on any atom is 0.230 e. The van der Waals surface area contributed by atoms with Gasteiger partial charge in [-0.3, -0.25) is 4.79 Å². The predicted molar refractivity (Wildman–Crippen MR) is 109 cm³/mol. The fourth-order valence-corrected chi connectivity index (χ4v) is 3.85. The summed E-state index contributed by atoms with van der Waals surface area (Å²) < 4.78 is 5.51. The summed E-state index contributed by atoms with van der Waals surface area (Å²) in [5.74, 6) is 0.0705. The number of ether oxygens (including phenoxy) is 1. The van der Waals surface area contributed by atoms with Crippen molar-refractivity contribution in [3.63, 3.8) is 0 Å². The van der Waals surface area contributed by atoms with Crippen molar-refractivity contribution in [3.05, 3.63) is 70.7 Å². The van der Waals surface area contributed by atoms with Gasteiger partial charge in [-0.15, -0.1) is 0 Å². The molecule has 5 heteroatoms. The average molecular weight is 387 g/mol. The second kappa shape index (κ2) is 9.36. The van der Waals surface area contributed by atoms with Crippen molar-refractivity contribution in [2.45, 2.75) is 24.8 Å². The minimum absolute atomic E-state index is 0.0705. The first-order chi connectivity index (χ1) is 13.1. The summed E-state index contributed by atoms with van der Waals surface area (Å²) in [7, 11) is 2.07. The third-order valence-corrected chi connectivity index (χ3v) is 5.47. The van der Waals surface area contributed by atoms with Crippen LogP contribution in [0.2, 0.25) is 5.02 Å². The lowest BCUT2D eigenvalue weighted by molar-refractivity contribution is -0.130. The monoisotopic (exact) mass is 386 g/mol. The largest absolute Gasteiger partial charge is 0.381 e. The maximum atomic E-state index is 13.1. The van der Waals surface area contributed by atoms with E-state index in [9.17, 15) is 4.79 Å². The first-order valence-electron chi connectivity index (χ1n) is 9.45. The maximum absolute atomic E-state index is 13.1. The van der Waals surface area contributed by atoms with Gasteiger partial charge in [0, 0.05) is 37.9 Å². The van der Waals surface area contributed by atoms with Crippen molar-refractivity contribution in [1.29, 1.82) is 0 Å². The number of amides is 1. The van der Waals surface area contributed by atoms with Gasteiger partial charge >= 0.3 is 0 Å². The Morgan fingerprint density at radius 3 is 2.59 bits per heavy atom. The van der Waals surface area contributed by atoms with Crippen LogP contribution in [0.1, 0.15) is 24.0 Å². The number of rotatable bonds is 7. The molecule has 2 aromatic rings. The van der Waals surface area contributed by atoms with Crippen LogP contribution in [-0.4, -0.2) is 44.2 Å². The summed E-state index contributed by atoms with van der Waals surface area (Å²) in [6.45, 7) is 3.46. The van der Waals surface area contributed by atoms with Crippen LogP contribution in [0.3, 0.4) is 0 Å². The molecule has 1 aliphatic rings. The molecule has 27 heavy (non-hydrogen) atoms. The van der Waals surface area contributed by atoms with E-state index in [4.69, 9.17) is 16.3 Å². The van der Waals surface area contributed by atoms with Crippen LogP contribution in [0, 0.1) is 0 Å². The zero-order valence-corrected chi connectivity index (χ0v) is 16.5. The number of hydrogen-bond acceptors (Lipinski definition) is 3. The van der Waals surface area contributed by atoms with Gasteiger partial charge in [-0.05, 0) is 43.1 Å². The van der Waals surface area contributed by atoms with Crippen LogP contribution in [-0.2, 0) is 21.5 Å². The van der Waals surface area contributed by atoms with E-state index in [1.165, 1.54) is 5.56 Å². The predicted octanol–water partition coefficient (Wildman–Crippen LogP) is 3.64. The lowest BCUT2D eigenvalue weighted by Crippen LogP contribution is -2.49. The number of likely N-dealkylation sites (N-methyl/N-ethyl adjacent to an activating group) is 1. The van der Waals surface area contributed by atoms with E-state index in [2.05, 4.69) is 29.4 Å². The van der Waals surface area contributed by atoms with Crippen molar-refractivity contribution in [3.8, 4) is 0 Å². The molecule has 0 saturated carbocycles. The van der Waals surface area contributed by atoms with Crippen LogP contribution >= 0.6 is 11.6 Å². The van der Waals surface area contributed by atoms with Gasteiger partial charge in [0.05, 0.1) is 5.41 Å². The fraction of sp³-hybridized carbons (Fsp3) is 0.409. The van der Waals surface area contributed by atoms with Gasteiger partial charge in [0.15, 0.2) is 0 Å². The Morgan fingerprint density at radius 1 is 1.15 bits per heavy atom. The second-order valence-electron chi connectivity index (χ2n) is 7.18. The Bertz CT molecular complexity index is 745. The van der Waals surface area contributed by atoms with Gasteiger partial charge in [-0.2, -0.15) is 0 Å². The normalized spacial score (nSPS) is 16.3. The third kappa shape index (κ3) is 5.10. The second-order valence-corrected chi connectivity index (χ2v) is 7.62. The molecule has 2 aromatic carbocycles. The van der Waals surface area contributed by atoms with Crippen LogP contribution < -0.4 is 5.32 Å². The van der Waals surface area contributed by atoms with Gasteiger partial charge in [0.25, 0.3) is 0 Å². The highest BCUT2D eigenvalue weighted by Crippen LogP contribution is 2.36. The SMILES string of the molecule is CN(CCNC(=O)C1(c2cccc(Cl)c2)CCOCC1)Cc1ccccc1. The van der Waals surface area contributed by atoms with Crippen LogP contribution in [0.25, 0.3) is 0 Å². The van der Waals surface area contributed by atoms with Gasteiger partial charge < -0.3 is 15.0 Å². The number of hydrogen-bond donors (Lipinski definition) is 1. The molecule has 1 amide bonds. The van der Waals surface area contributed by atoms with E-state index in [-0.39, 0.29) is 5.91 Å². The number of nitrogens with zero attached hydrogens (tertiary/aromatic N) is 1. The molecule has 1 saturated heterocycles. The van der Waals surface area contributed by atoms with Crippen molar-refractivity contribution < 1.29 is 9.53 Å². The first-order valence-corrected chi connectivity index (χ1v) is 9.82. The zero-order chi connectivity index (χ0) is 19.1. The summed E-state index contributed by atoms with van der Waals surface area (Å²) in [5.41, 5.74) is 1.70. The van der Waals surface area contributed by atoms with Crippen LogP contribution in [0.5, 0.6) is 0 Å². The topological polar surface area (TPSA) is 41.6 Å². The molecule has 4 nitrogen and oxygen atoms in total. The molecule has 1 N–H and O–H groups in total. The lowest BCUT2D eigenvalue weighted by atomic mass is 9.73. The van der Waals surface area contributed by atoms with Crippen molar-refractivity contribution in [1.82, 2.24) is 10.2 Å². The average Bonchev–Trinajstić information content (AvgIpc) is 2.69. The molecular weight excluding hydrogens is 360 g/mol. The first kappa shape index (κ1) is 19.9. The van der Waals surface area contributed by atoms with Crippen molar-refractivity contribution in [2.24, 2.45) is 0 Å². The minimum atomic E-state index is -0.554. The lowest BCUT2D eigenvalue weighted by Gasteiger charge is -2.36. The van der Waals surface area contributed by atoms with Crippen LogP contribution in [0.4, 0.5) is 0 Å². The number of nitrogens with one attached hydrogen (secondary N) is 1. The quantitative estimate of drug-likeness (QED) is 0.789. The highest BCUT2D eigenvalue weighted by atomic mass is 35.5. The zero-order valence-electron chi connectivity index (χ0n) is 15.8. The summed E-state index contributed by atoms with van der Waals surface area (Å²) in [5, 5.41) is 3.81. The van der Waals surface area contributed by atoms with Crippen molar-refractivity contribution >= 4 is 17.5 Å². The molecule has 0 unspecified atom stereocenters. The Balaban J connectivity index is 1.60. The molecule has 3 rings (SSSR count). The summed E-state index contributed by atoms with van der Waals surface area (Å²) in [6, 6.07) is 18.0. The molecule has 0 spiro atoms. The van der Waals surface area contributed by atoms with E-state index in [1.807, 2.05) is 42.5 Å². The minimum Gasteiger partial charge on any atom is -0.381 e. The number of carbonyl (C=O) groups excluding carboxylic acids is 1. The third-order valence-electron chi connectivity index (χ3n) is 5.23. The highest BCUT2D eigenvalue weighted by Gasteiger charge is 2.41. The summed E-state index contributed by atoms with van der Waals surface area (Å²) in [6.07, 6.45) is 1.36. The summed E-state index contributed by atoms with van der Waals surface area (Å²) in [4.78, 5) is 15.4. The molecule has 1 heterocycles. The standard InChI is InChI=1S/C22H27ClN2O2/c1-25(17-18-6-3-2-4-7-18)13-12-24-21(26)22(10-14-27-15-11-22)19-8-5-9-20(23)16-19/h2-9,16H,10-15,17H2,1H3,(H,24,26). The van der Waals surface area contributed by atoms with E-state index < -0.39 is 5.41 Å². The van der Waals surface area contributed by atoms with Gasteiger partial charge in [0.2, 0.25) is 5.91 Å². The Morgan fingerprint density at radius 2 is 1.89 bits per heavy atom. The molecule has 1 fully saturated rings. The van der Waals surface area contributed by atoms with Crippen molar-refractivity contribution in [2.75, 3.05) is 33.4 Å². The Hall–Kier alpha value is -1.88. The van der Waals surface area contributed by atoms with Gasteiger partial charge in [-0.1, -0.05) is 54.1 Å². The highest BCUT2D eigenvalue weighted by molar-refractivity contribution is 6.30. The Kier molecular flexibility index (Phi) is 6.89. The number of halogens is 1. The van der Waals surface area contributed by atoms with E-state index in [0.717, 1.165) is 18.7 Å². The van der Waals surface area contributed by atoms with E-state index in [0.29, 0.717) is 37.6 Å². The summed E-state index contributed by atoms with van der Waals surface area (Å²) >= 11 is 6.18. The molecule has 0 aliphatic carbocycles. The molecule has 0 radical (unpaired) electrons. The van der Waals surface area contributed by atoms with Gasteiger partial charge in [0.1, 0.15) is 0 Å². The molecule has 0 atom stereocenters. The number of benzene rings is 2. The number of carbonyl (C=O) groups is 1. The molecular formula is C22H27ClN2O2. The van der Waals surface area contributed by atoms with Crippen LogP contribution in [0.15, 0.2) is 54.6 Å². The molecule has 144 valence electrons. The fourth-order valence-electron chi connectivity index (χ4n) is 3.66. The molecule has 0 aromatic heterocycles. The van der Waals surface area contributed by atoms with E-state index in [1.54, 1.807) is 0 Å². The van der Waals surface area contributed by atoms with E-state index >= 15 is 0 Å². The van der Waals surface area contributed by atoms with Gasteiger partial charge in [-0.25, -0.2) is 0 Å². The smallest absolute Gasteiger partial charge is 0.230 e.